The summed E-state index contributed by atoms with van der Waals surface area (Å²) in [6.45, 7) is 0.585. The number of piperidine rings is 1. The predicted octanol–water partition coefficient (Wildman–Crippen LogP) is -0.322. The number of sulfonamides is 1. The fourth-order valence-corrected chi connectivity index (χ4v) is 2.69. The normalized spacial score (nSPS) is 19.6. The summed E-state index contributed by atoms with van der Waals surface area (Å²) in [6.07, 6.45) is -0.240. The Morgan fingerprint density at radius 1 is 1.43 bits per heavy atom. The summed E-state index contributed by atoms with van der Waals surface area (Å²) in [7, 11) is -1.87. The fraction of sp³-hybridized carbons (Fsp3) is 0.857. The SMILES string of the molecule is CNS(=O)(=O)C1CCN(C(=O)O)CC1. The van der Waals surface area contributed by atoms with Crippen molar-refractivity contribution in [3.05, 3.63) is 0 Å². The molecule has 0 bridgehead atoms. The summed E-state index contributed by atoms with van der Waals surface area (Å²) in [4.78, 5) is 11.8. The van der Waals surface area contributed by atoms with Crippen molar-refractivity contribution < 1.29 is 18.3 Å². The molecule has 0 spiro atoms. The van der Waals surface area contributed by atoms with E-state index < -0.39 is 21.4 Å². The standard InChI is InChI=1S/C7H14N2O4S/c1-8-14(12,13)6-2-4-9(5-3-6)7(10)11/h6,8H,2-5H2,1H3,(H,10,11). The van der Waals surface area contributed by atoms with E-state index in [1.54, 1.807) is 0 Å². The summed E-state index contributed by atoms with van der Waals surface area (Å²) in [5.41, 5.74) is 0. The van der Waals surface area contributed by atoms with Crippen molar-refractivity contribution in [3.63, 3.8) is 0 Å². The molecule has 82 valence electrons. The summed E-state index contributed by atoms with van der Waals surface area (Å²) in [5.74, 6) is 0. The zero-order valence-electron chi connectivity index (χ0n) is 7.93. The van der Waals surface area contributed by atoms with Gasteiger partial charge in [0.1, 0.15) is 0 Å². The Morgan fingerprint density at radius 2 is 1.93 bits per heavy atom. The van der Waals surface area contributed by atoms with Gasteiger partial charge in [0.25, 0.3) is 0 Å². The average Bonchev–Trinajstić information content (AvgIpc) is 2.18. The lowest BCUT2D eigenvalue weighted by Crippen LogP contribution is -2.44. The number of carboxylic acid groups (broad SMARTS) is 1. The summed E-state index contributed by atoms with van der Waals surface area (Å²) in [6, 6.07) is 0. The van der Waals surface area contributed by atoms with Crippen molar-refractivity contribution in [2.24, 2.45) is 0 Å². The third-order valence-electron chi connectivity index (χ3n) is 2.44. The van der Waals surface area contributed by atoms with E-state index in [1.165, 1.54) is 11.9 Å². The number of hydrogen-bond donors (Lipinski definition) is 2. The Labute approximate surface area is 82.9 Å². The number of carbonyl (C=O) groups is 1. The highest BCUT2D eigenvalue weighted by molar-refractivity contribution is 7.90. The molecule has 0 aliphatic carbocycles. The number of nitrogens with one attached hydrogen (secondary N) is 1. The maximum atomic E-state index is 11.4. The van der Waals surface area contributed by atoms with E-state index >= 15 is 0 Å². The van der Waals surface area contributed by atoms with Crippen LogP contribution in [0.1, 0.15) is 12.8 Å². The molecule has 1 rings (SSSR count). The monoisotopic (exact) mass is 222 g/mol. The number of amides is 1. The highest BCUT2D eigenvalue weighted by Gasteiger charge is 2.30. The second-order valence-electron chi connectivity index (χ2n) is 3.22. The first-order valence-corrected chi connectivity index (χ1v) is 5.92. The van der Waals surface area contributed by atoms with Crippen LogP contribution in [0.15, 0.2) is 0 Å². The Hall–Kier alpha value is -0.820. The van der Waals surface area contributed by atoms with Gasteiger partial charge in [-0.05, 0) is 19.9 Å². The van der Waals surface area contributed by atoms with Crippen LogP contribution in [-0.4, -0.2) is 49.9 Å². The molecule has 14 heavy (non-hydrogen) atoms. The van der Waals surface area contributed by atoms with E-state index in [9.17, 15) is 13.2 Å². The highest BCUT2D eigenvalue weighted by atomic mass is 32.2. The third kappa shape index (κ3) is 2.36. The molecule has 1 aliphatic heterocycles. The molecule has 1 amide bonds. The van der Waals surface area contributed by atoms with Crippen LogP contribution in [0.25, 0.3) is 0 Å². The Bertz CT molecular complexity index is 306. The lowest BCUT2D eigenvalue weighted by molar-refractivity contribution is 0.136. The van der Waals surface area contributed by atoms with Gasteiger partial charge in [0.05, 0.1) is 5.25 Å². The molecule has 0 atom stereocenters. The third-order valence-corrected chi connectivity index (χ3v) is 4.35. The highest BCUT2D eigenvalue weighted by Crippen LogP contribution is 2.16. The van der Waals surface area contributed by atoms with Gasteiger partial charge in [0, 0.05) is 13.1 Å². The molecule has 0 aromatic carbocycles. The van der Waals surface area contributed by atoms with E-state index in [4.69, 9.17) is 5.11 Å². The van der Waals surface area contributed by atoms with Crippen molar-refractivity contribution in [2.75, 3.05) is 20.1 Å². The molecule has 0 aromatic heterocycles. The van der Waals surface area contributed by atoms with Gasteiger partial charge in [0.2, 0.25) is 10.0 Å². The molecule has 0 unspecified atom stereocenters. The quantitative estimate of drug-likeness (QED) is 0.670. The molecule has 0 saturated carbocycles. The van der Waals surface area contributed by atoms with Crippen molar-refractivity contribution in [1.82, 2.24) is 9.62 Å². The maximum absolute atomic E-state index is 11.4. The number of rotatable bonds is 2. The van der Waals surface area contributed by atoms with Crippen LogP contribution < -0.4 is 4.72 Å². The molecular weight excluding hydrogens is 208 g/mol. The van der Waals surface area contributed by atoms with Crippen LogP contribution in [0.3, 0.4) is 0 Å². The van der Waals surface area contributed by atoms with Crippen LogP contribution in [0.2, 0.25) is 0 Å². The van der Waals surface area contributed by atoms with Gasteiger partial charge >= 0.3 is 6.09 Å². The largest absolute Gasteiger partial charge is 0.465 e. The first kappa shape index (κ1) is 11.3. The smallest absolute Gasteiger partial charge is 0.407 e. The Kier molecular flexibility index (Phi) is 3.33. The molecule has 1 aliphatic rings. The average molecular weight is 222 g/mol. The van der Waals surface area contributed by atoms with Gasteiger partial charge in [-0.3, -0.25) is 0 Å². The number of likely N-dealkylation sites (tertiary alicyclic amines) is 1. The van der Waals surface area contributed by atoms with Gasteiger partial charge in [-0.2, -0.15) is 0 Å². The molecule has 7 heteroatoms. The van der Waals surface area contributed by atoms with Crippen molar-refractivity contribution >= 4 is 16.1 Å². The zero-order chi connectivity index (χ0) is 10.8. The molecule has 1 heterocycles. The summed E-state index contributed by atoms with van der Waals surface area (Å²) >= 11 is 0. The van der Waals surface area contributed by atoms with E-state index in [-0.39, 0.29) is 0 Å². The van der Waals surface area contributed by atoms with Crippen LogP contribution >= 0.6 is 0 Å². The molecule has 6 nitrogen and oxygen atoms in total. The lowest BCUT2D eigenvalue weighted by Gasteiger charge is -2.29. The molecular formula is C7H14N2O4S. The minimum absolute atomic E-state index is 0.293. The summed E-state index contributed by atoms with van der Waals surface area (Å²) < 4.78 is 25.0. The van der Waals surface area contributed by atoms with Crippen LogP contribution in [-0.2, 0) is 10.0 Å². The first-order valence-electron chi connectivity index (χ1n) is 4.37. The zero-order valence-corrected chi connectivity index (χ0v) is 8.75. The Balaban J connectivity index is 2.56. The van der Waals surface area contributed by atoms with E-state index in [2.05, 4.69) is 4.72 Å². The van der Waals surface area contributed by atoms with Gasteiger partial charge < -0.3 is 10.0 Å². The van der Waals surface area contributed by atoms with Crippen molar-refractivity contribution in [2.45, 2.75) is 18.1 Å². The second-order valence-corrected chi connectivity index (χ2v) is 5.38. The molecule has 1 saturated heterocycles. The van der Waals surface area contributed by atoms with Gasteiger partial charge in [-0.25, -0.2) is 17.9 Å². The molecule has 1 fully saturated rings. The van der Waals surface area contributed by atoms with Crippen LogP contribution in [0, 0.1) is 0 Å². The van der Waals surface area contributed by atoms with Crippen LogP contribution in [0.5, 0.6) is 0 Å². The topological polar surface area (TPSA) is 86.7 Å². The first-order chi connectivity index (χ1) is 6.47. The van der Waals surface area contributed by atoms with Crippen molar-refractivity contribution in [3.8, 4) is 0 Å². The minimum atomic E-state index is -3.24. The minimum Gasteiger partial charge on any atom is -0.465 e. The Morgan fingerprint density at radius 3 is 2.29 bits per heavy atom. The van der Waals surface area contributed by atoms with Gasteiger partial charge in [-0.1, -0.05) is 0 Å². The lowest BCUT2D eigenvalue weighted by atomic mass is 10.1. The van der Waals surface area contributed by atoms with Gasteiger partial charge in [0.15, 0.2) is 0 Å². The number of hydrogen-bond acceptors (Lipinski definition) is 3. The molecule has 0 aromatic rings. The van der Waals surface area contributed by atoms with Gasteiger partial charge in [-0.15, -0.1) is 0 Å². The van der Waals surface area contributed by atoms with Crippen LogP contribution in [0.4, 0.5) is 4.79 Å². The predicted molar refractivity (Wildman–Crippen MR) is 50.6 cm³/mol. The van der Waals surface area contributed by atoms with E-state index in [0.29, 0.717) is 25.9 Å². The van der Waals surface area contributed by atoms with E-state index in [1.807, 2.05) is 0 Å². The maximum Gasteiger partial charge on any atom is 0.407 e. The molecule has 0 radical (unpaired) electrons. The molecule has 2 N–H and O–H groups in total. The summed E-state index contributed by atoms with van der Waals surface area (Å²) in [5, 5.41) is 8.19. The fourth-order valence-electron chi connectivity index (χ4n) is 1.52. The van der Waals surface area contributed by atoms with E-state index in [0.717, 1.165) is 0 Å². The second kappa shape index (κ2) is 4.14. The van der Waals surface area contributed by atoms with Crippen molar-refractivity contribution in [1.29, 1.82) is 0 Å². The number of nitrogens with zero attached hydrogens (tertiary/aromatic N) is 1.